The zero-order valence-electron chi connectivity index (χ0n) is 9.22. The van der Waals surface area contributed by atoms with E-state index < -0.39 is 0 Å². The summed E-state index contributed by atoms with van der Waals surface area (Å²) in [7, 11) is 1.63. The Labute approximate surface area is 85.6 Å². The Balaban J connectivity index is 2.97. The van der Waals surface area contributed by atoms with Crippen LogP contribution in [0.3, 0.4) is 0 Å². The second kappa shape index (κ2) is 3.99. The molecule has 14 heavy (non-hydrogen) atoms. The Morgan fingerprint density at radius 2 is 2.29 bits per heavy atom. The van der Waals surface area contributed by atoms with Crippen LogP contribution in [-0.2, 0) is 9.53 Å². The van der Waals surface area contributed by atoms with Crippen LogP contribution in [0.15, 0.2) is 24.0 Å². The molecule has 2 nitrogen and oxygen atoms in total. The van der Waals surface area contributed by atoms with Gasteiger partial charge >= 0.3 is 0 Å². The first-order valence-corrected chi connectivity index (χ1v) is 4.94. The summed E-state index contributed by atoms with van der Waals surface area (Å²) in [5.41, 5.74) is 0.525. The van der Waals surface area contributed by atoms with Gasteiger partial charge in [0, 0.05) is 17.4 Å². The third kappa shape index (κ3) is 1.74. The van der Waals surface area contributed by atoms with Gasteiger partial charge in [0.25, 0.3) is 0 Å². The number of carbonyl (C=O) groups is 1. The third-order valence-electron chi connectivity index (χ3n) is 3.05. The lowest BCUT2D eigenvalue weighted by molar-refractivity contribution is -0.125. The van der Waals surface area contributed by atoms with Crippen LogP contribution in [0.25, 0.3) is 0 Å². The van der Waals surface area contributed by atoms with Gasteiger partial charge in [-0.3, -0.25) is 4.79 Å². The maximum absolute atomic E-state index is 12.0. The minimum Gasteiger partial charge on any atom is -0.501 e. The molecule has 1 atom stereocenters. The fourth-order valence-electron chi connectivity index (χ4n) is 2.04. The van der Waals surface area contributed by atoms with Crippen LogP contribution < -0.4 is 0 Å². The summed E-state index contributed by atoms with van der Waals surface area (Å²) in [6.07, 6.45) is 4.29. The fourth-order valence-corrected chi connectivity index (χ4v) is 2.04. The van der Waals surface area contributed by atoms with Crippen LogP contribution in [0.4, 0.5) is 0 Å². The number of ketones is 1. The summed E-state index contributed by atoms with van der Waals surface area (Å²) in [4.78, 5) is 12.0. The van der Waals surface area contributed by atoms with Gasteiger partial charge < -0.3 is 4.74 Å². The number of hydrogen-bond acceptors (Lipinski definition) is 2. The zero-order chi connectivity index (χ0) is 10.8. The molecule has 1 rings (SSSR count). The molecule has 1 aliphatic rings. The van der Waals surface area contributed by atoms with Gasteiger partial charge in [0.15, 0.2) is 5.78 Å². The summed E-state index contributed by atoms with van der Waals surface area (Å²) >= 11 is 0. The van der Waals surface area contributed by atoms with Crippen molar-refractivity contribution in [3.63, 3.8) is 0 Å². The van der Waals surface area contributed by atoms with Crippen molar-refractivity contribution in [3.05, 3.63) is 24.0 Å². The van der Waals surface area contributed by atoms with Crippen LogP contribution in [0, 0.1) is 5.41 Å². The van der Waals surface area contributed by atoms with Gasteiger partial charge in [-0.1, -0.05) is 13.0 Å². The first-order chi connectivity index (χ1) is 6.55. The minimum atomic E-state index is -0.256. The highest BCUT2D eigenvalue weighted by Gasteiger charge is 2.37. The van der Waals surface area contributed by atoms with E-state index in [0.29, 0.717) is 0 Å². The van der Waals surface area contributed by atoms with Crippen molar-refractivity contribution in [1.82, 2.24) is 0 Å². The van der Waals surface area contributed by atoms with Crippen LogP contribution in [0.5, 0.6) is 0 Å². The predicted octanol–water partition coefficient (Wildman–Crippen LogP) is 2.85. The van der Waals surface area contributed by atoms with Crippen molar-refractivity contribution < 1.29 is 9.53 Å². The zero-order valence-corrected chi connectivity index (χ0v) is 9.22. The molecule has 0 saturated carbocycles. The summed E-state index contributed by atoms with van der Waals surface area (Å²) < 4.78 is 5.18. The van der Waals surface area contributed by atoms with Crippen molar-refractivity contribution >= 4 is 5.78 Å². The molecule has 0 aliphatic heterocycles. The Morgan fingerprint density at radius 1 is 1.64 bits per heavy atom. The monoisotopic (exact) mass is 194 g/mol. The van der Waals surface area contributed by atoms with E-state index >= 15 is 0 Å². The molecular weight excluding hydrogens is 176 g/mol. The Bertz CT molecular complexity index is 289. The number of allylic oxidation sites excluding steroid dienone is 3. The molecule has 0 aromatic heterocycles. The number of carbonyl (C=O) groups excluding carboxylic acids is 1. The van der Waals surface area contributed by atoms with Crippen LogP contribution >= 0.6 is 0 Å². The molecule has 0 bridgehead atoms. The summed E-state index contributed by atoms with van der Waals surface area (Å²) in [5, 5.41) is 0. The van der Waals surface area contributed by atoms with Crippen molar-refractivity contribution in [2.24, 2.45) is 5.41 Å². The second-order valence-corrected chi connectivity index (χ2v) is 4.13. The van der Waals surface area contributed by atoms with E-state index in [-0.39, 0.29) is 11.2 Å². The van der Waals surface area contributed by atoms with Gasteiger partial charge in [-0.25, -0.2) is 0 Å². The molecule has 0 fully saturated rings. The first-order valence-electron chi connectivity index (χ1n) is 4.94. The molecule has 0 radical (unpaired) electrons. The first kappa shape index (κ1) is 11.0. The normalized spacial score (nSPS) is 27.8. The van der Waals surface area contributed by atoms with E-state index in [0.717, 1.165) is 30.6 Å². The van der Waals surface area contributed by atoms with Crippen LogP contribution in [-0.4, -0.2) is 12.9 Å². The van der Waals surface area contributed by atoms with E-state index in [2.05, 4.69) is 6.58 Å². The lowest BCUT2D eigenvalue weighted by Crippen LogP contribution is -2.32. The summed E-state index contributed by atoms with van der Waals surface area (Å²) in [6.45, 7) is 7.55. The fraction of sp³-hybridized carbons (Fsp3) is 0.583. The third-order valence-corrected chi connectivity index (χ3v) is 3.05. The summed E-state index contributed by atoms with van der Waals surface area (Å²) in [5.74, 6) is 1.05. The van der Waals surface area contributed by atoms with Crippen molar-refractivity contribution in [1.29, 1.82) is 0 Å². The standard InChI is InChI=1S/C12H18O2/c1-5-7-12(3)8-6-10(14-4)9(2)11(12)13/h5H,1,6-8H2,2-4H3/t12-/m1/s1. The average molecular weight is 194 g/mol. The largest absolute Gasteiger partial charge is 0.501 e. The number of ether oxygens (including phenoxy) is 1. The van der Waals surface area contributed by atoms with Gasteiger partial charge in [-0.05, 0) is 19.8 Å². The van der Waals surface area contributed by atoms with E-state index in [1.165, 1.54) is 0 Å². The number of hydrogen-bond donors (Lipinski definition) is 0. The average Bonchev–Trinajstić information content (AvgIpc) is 2.16. The van der Waals surface area contributed by atoms with Crippen molar-refractivity contribution in [2.45, 2.75) is 33.1 Å². The predicted molar refractivity (Wildman–Crippen MR) is 56.9 cm³/mol. The lowest BCUT2D eigenvalue weighted by atomic mass is 9.72. The highest BCUT2D eigenvalue weighted by molar-refractivity contribution is 6.00. The molecule has 0 spiro atoms. The quantitative estimate of drug-likeness (QED) is 0.646. The van der Waals surface area contributed by atoms with Crippen LogP contribution in [0.2, 0.25) is 0 Å². The number of Topliss-reactive ketones (excluding diaryl/α,β-unsaturated/α-hetero) is 1. The maximum atomic E-state index is 12.0. The topological polar surface area (TPSA) is 26.3 Å². The van der Waals surface area contributed by atoms with Crippen LogP contribution in [0.1, 0.15) is 33.1 Å². The maximum Gasteiger partial charge on any atom is 0.168 e. The van der Waals surface area contributed by atoms with Gasteiger partial charge in [0.2, 0.25) is 0 Å². The molecule has 78 valence electrons. The van der Waals surface area contributed by atoms with E-state index in [4.69, 9.17) is 4.74 Å². The molecule has 0 aromatic rings. The molecule has 1 aliphatic carbocycles. The Morgan fingerprint density at radius 3 is 2.79 bits per heavy atom. The van der Waals surface area contributed by atoms with Crippen molar-refractivity contribution in [2.75, 3.05) is 7.11 Å². The minimum absolute atomic E-state index is 0.209. The second-order valence-electron chi connectivity index (χ2n) is 4.13. The molecule has 0 amide bonds. The number of methoxy groups -OCH3 is 1. The molecular formula is C12H18O2. The lowest BCUT2D eigenvalue weighted by Gasteiger charge is -2.32. The summed E-state index contributed by atoms with van der Waals surface area (Å²) in [6, 6.07) is 0. The Hall–Kier alpha value is -1.05. The SMILES string of the molecule is C=CC[C@]1(C)CCC(OC)=C(C)C1=O. The molecule has 0 heterocycles. The van der Waals surface area contributed by atoms with Crippen molar-refractivity contribution in [3.8, 4) is 0 Å². The van der Waals surface area contributed by atoms with E-state index in [9.17, 15) is 4.79 Å². The van der Waals surface area contributed by atoms with Gasteiger partial charge in [-0.2, -0.15) is 0 Å². The van der Waals surface area contributed by atoms with Gasteiger partial charge in [0.1, 0.15) is 5.76 Å². The number of rotatable bonds is 3. The van der Waals surface area contributed by atoms with E-state index in [1.54, 1.807) is 7.11 Å². The molecule has 2 heteroatoms. The smallest absolute Gasteiger partial charge is 0.168 e. The molecule has 0 unspecified atom stereocenters. The van der Waals surface area contributed by atoms with Gasteiger partial charge in [0.05, 0.1) is 7.11 Å². The molecule has 0 N–H and O–H groups in total. The highest BCUT2D eigenvalue weighted by atomic mass is 16.5. The highest BCUT2D eigenvalue weighted by Crippen LogP contribution is 2.38. The molecule has 0 saturated heterocycles. The Kier molecular flexibility index (Phi) is 3.14. The molecule has 0 aromatic carbocycles. The van der Waals surface area contributed by atoms with Gasteiger partial charge in [-0.15, -0.1) is 6.58 Å². The van der Waals surface area contributed by atoms with E-state index in [1.807, 2.05) is 19.9 Å².